The fraction of sp³-hybridized carbons (Fsp3) is 0.286. The fourth-order valence-electron chi connectivity index (χ4n) is 1.89. The van der Waals surface area contributed by atoms with E-state index in [0.29, 0.717) is 11.6 Å². The summed E-state index contributed by atoms with van der Waals surface area (Å²) in [5.74, 6) is -1.52. The number of carbonyl (C=O) groups is 2. The van der Waals surface area contributed by atoms with E-state index < -0.39 is 11.8 Å². The summed E-state index contributed by atoms with van der Waals surface area (Å²) in [5.41, 5.74) is 1.92. The van der Waals surface area contributed by atoms with Crippen LogP contribution in [0.5, 0.6) is 0 Å². The Labute approximate surface area is 115 Å². The molecule has 1 aliphatic carbocycles. The highest BCUT2D eigenvalue weighted by Crippen LogP contribution is 2.33. The molecule has 0 spiro atoms. The Morgan fingerprint density at radius 2 is 1.95 bits per heavy atom. The third-order valence-electron chi connectivity index (χ3n) is 3.20. The van der Waals surface area contributed by atoms with Crippen LogP contribution in [0.25, 0.3) is 11.3 Å². The topological polar surface area (TPSA) is 74.1 Å². The van der Waals surface area contributed by atoms with E-state index in [1.165, 1.54) is 7.11 Å². The Balaban J connectivity index is 1.81. The van der Waals surface area contributed by atoms with Gasteiger partial charge in [-0.15, -0.1) is 0 Å². The largest absolute Gasteiger partial charge is 0.463 e. The van der Waals surface area contributed by atoms with Crippen molar-refractivity contribution >= 4 is 11.8 Å². The van der Waals surface area contributed by atoms with Crippen molar-refractivity contribution in [3.05, 3.63) is 36.0 Å². The van der Waals surface area contributed by atoms with Gasteiger partial charge in [0.25, 0.3) is 5.78 Å². The molecular weight excluding hydrogens is 258 g/mol. The lowest BCUT2D eigenvalue weighted by atomic mass is 10.1. The predicted molar refractivity (Wildman–Crippen MR) is 70.1 cm³/mol. The van der Waals surface area contributed by atoms with Gasteiger partial charge in [-0.1, -0.05) is 24.3 Å². The zero-order valence-electron chi connectivity index (χ0n) is 10.9. The van der Waals surface area contributed by atoms with E-state index in [1.807, 2.05) is 0 Å². The maximum absolute atomic E-state index is 11.6. The number of esters is 1. The first-order valence-corrected chi connectivity index (χ1v) is 6.34. The standard InChI is InChI=1S/C14H13N3O3/c1-20-14(19)13(18)10-4-2-9(3-5-10)12-8-15-17(16-12)11-6-7-11/h2-5,8,11H,6-7H2,1H3. The van der Waals surface area contributed by atoms with Crippen molar-refractivity contribution in [3.63, 3.8) is 0 Å². The van der Waals surface area contributed by atoms with E-state index in [1.54, 1.807) is 35.3 Å². The van der Waals surface area contributed by atoms with E-state index in [4.69, 9.17) is 0 Å². The van der Waals surface area contributed by atoms with Crippen LogP contribution in [0, 0.1) is 0 Å². The smallest absolute Gasteiger partial charge is 0.379 e. The van der Waals surface area contributed by atoms with Gasteiger partial charge >= 0.3 is 5.97 Å². The molecule has 1 fully saturated rings. The van der Waals surface area contributed by atoms with Crippen LogP contribution in [0.3, 0.4) is 0 Å². The van der Waals surface area contributed by atoms with Gasteiger partial charge in [0.2, 0.25) is 0 Å². The van der Waals surface area contributed by atoms with Crippen molar-refractivity contribution in [2.45, 2.75) is 18.9 Å². The summed E-state index contributed by atoms with van der Waals surface area (Å²) in [4.78, 5) is 24.5. The Bertz CT molecular complexity index is 657. The van der Waals surface area contributed by atoms with Gasteiger partial charge in [-0.25, -0.2) is 4.79 Å². The molecular formula is C14H13N3O3. The minimum absolute atomic E-state index is 0.301. The summed E-state index contributed by atoms with van der Waals surface area (Å²) in [7, 11) is 1.19. The molecule has 6 heteroatoms. The lowest BCUT2D eigenvalue weighted by Gasteiger charge is -2.00. The molecule has 0 aliphatic heterocycles. The van der Waals surface area contributed by atoms with Crippen LogP contribution in [-0.4, -0.2) is 33.9 Å². The summed E-state index contributed by atoms with van der Waals surface area (Å²) in [5, 5.41) is 8.62. The first-order valence-electron chi connectivity index (χ1n) is 6.34. The lowest BCUT2D eigenvalue weighted by molar-refractivity contribution is -0.135. The zero-order valence-corrected chi connectivity index (χ0v) is 10.9. The van der Waals surface area contributed by atoms with Gasteiger partial charge in [0.05, 0.1) is 19.3 Å². The third-order valence-corrected chi connectivity index (χ3v) is 3.20. The van der Waals surface area contributed by atoms with Crippen LogP contribution in [0.4, 0.5) is 0 Å². The number of hydrogen-bond acceptors (Lipinski definition) is 5. The number of nitrogens with zero attached hydrogens (tertiary/aromatic N) is 3. The maximum Gasteiger partial charge on any atom is 0.379 e. The van der Waals surface area contributed by atoms with Crippen molar-refractivity contribution in [2.24, 2.45) is 0 Å². The molecule has 0 N–H and O–H groups in total. The fourth-order valence-corrected chi connectivity index (χ4v) is 1.89. The van der Waals surface area contributed by atoms with Crippen molar-refractivity contribution < 1.29 is 14.3 Å². The highest BCUT2D eigenvalue weighted by molar-refractivity contribution is 6.40. The van der Waals surface area contributed by atoms with Gasteiger partial charge in [-0.05, 0) is 12.8 Å². The first kappa shape index (κ1) is 12.5. The number of carbonyl (C=O) groups excluding carboxylic acids is 2. The molecule has 1 saturated carbocycles. The van der Waals surface area contributed by atoms with Crippen molar-refractivity contribution in [3.8, 4) is 11.3 Å². The number of ether oxygens (including phenoxy) is 1. The molecule has 3 rings (SSSR count). The average molecular weight is 271 g/mol. The van der Waals surface area contributed by atoms with Gasteiger partial charge < -0.3 is 4.74 Å². The number of aromatic nitrogens is 3. The van der Waals surface area contributed by atoms with Crippen LogP contribution in [-0.2, 0) is 9.53 Å². The number of rotatable bonds is 4. The predicted octanol–water partition coefficient (Wildman–Crippen LogP) is 1.64. The van der Waals surface area contributed by atoms with Gasteiger partial charge in [-0.3, -0.25) is 4.79 Å². The second-order valence-corrected chi connectivity index (χ2v) is 4.68. The normalized spacial score (nSPS) is 14.1. The second kappa shape index (κ2) is 4.88. The number of benzene rings is 1. The van der Waals surface area contributed by atoms with E-state index >= 15 is 0 Å². The van der Waals surface area contributed by atoms with E-state index in [9.17, 15) is 9.59 Å². The van der Waals surface area contributed by atoms with Crippen LogP contribution >= 0.6 is 0 Å². The molecule has 102 valence electrons. The molecule has 0 radical (unpaired) electrons. The minimum Gasteiger partial charge on any atom is -0.463 e. The van der Waals surface area contributed by atoms with Crippen molar-refractivity contribution in [2.75, 3.05) is 7.11 Å². The number of hydrogen-bond donors (Lipinski definition) is 0. The van der Waals surface area contributed by atoms with Gasteiger partial charge in [0, 0.05) is 11.1 Å². The molecule has 1 aliphatic rings. The summed E-state index contributed by atoms with van der Waals surface area (Å²) in [6.45, 7) is 0. The third kappa shape index (κ3) is 2.32. The number of ketones is 1. The maximum atomic E-state index is 11.6. The molecule has 0 atom stereocenters. The zero-order chi connectivity index (χ0) is 14.1. The Morgan fingerprint density at radius 3 is 2.55 bits per heavy atom. The second-order valence-electron chi connectivity index (χ2n) is 4.68. The van der Waals surface area contributed by atoms with Gasteiger partial charge in [0.15, 0.2) is 0 Å². The Hall–Kier alpha value is -2.50. The molecule has 2 aromatic rings. The molecule has 6 nitrogen and oxygen atoms in total. The molecule has 0 bridgehead atoms. The highest BCUT2D eigenvalue weighted by atomic mass is 16.5. The van der Waals surface area contributed by atoms with Crippen molar-refractivity contribution in [1.82, 2.24) is 15.0 Å². The van der Waals surface area contributed by atoms with E-state index in [2.05, 4.69) is 14.9 Å². The summed E-state index contributed by atoms with van der Waals surface area (Å²) >= 11 is 0. The number of methoxy groups -OCH3 is 1. The molecule has 0 saturated heterocycles. The highest BCUT2D eigenvalue weighted by Gasteiger charge is 2.25. The number of Topliss-reactive ketones (excluding diaryl/α,β-unsaturated/α-hetero) is 1. The summed E-state index contributed by atoms with van der Waals surface area (Å²) < 4.78 is 4.40. The summed E-state index contributed by atoms with van der Waals surface area (Å²) in [6.07, 6.45) is 3.96. The minimum atomic E-state index is -0.863. The average Bonchev–Trinajstić information content (AvgIpc) is 3.23. The molecule has 0 unspecified atom stereocenters. The Morgan fingerprint density at radius 1 is 1.25 bits per heavy atom. The SMILES string of the molecule is COC(=O)C(=O)c1ccc(-c2cnn(C3CC3)n2)cc1. The quantitative estimate of drug-likeness (QED) is 0.480. The first-order chi connectivity index (χ1) is 9.69. The van der Waals surface area contributed by atoms with Gasteiger partial charge in [0.1, 0.15) is 5.69 Å². The van der Waals surface area contributed by atoms with Crippen LogP contribution in [0.2, 0.25) is 0 Å². The molecule has 20 heavy (non-hydrogen) atoms. The Kier molecular flexibility index (Phi) is 3.06. The van der Waals surface area contributed by atoms with Crippen molar-refractivity contribution in [1.29, 1.82) is 0 Å². The molecule has 0 amide bonds. The molecule has 1 aromatic carbocycles. The van der Waals surface area contributed by atoms with Crippen LogP contribution in [0.1, 0.15) is 29.2 Å². The van der Waals surface area contributed by atoms with Crippen LogP contribution < -0.4 is 0 Å². The molecule has 1 aromatic heterocycles. The van der Waals surface area contributed by atoms with E-state index in [-0.39, 0.29) is 0 Å². The van der Waals surface area contributed by atoms with Gasteiger partial charge in [-0.2, -0.15) is 15.0 Å². The van der Waals surface area contributed by atoms with E-state index in [0.717, 1.165) is 24.1 Å². The monoisotopic (exact) mass is 271 g/mol. The van der Waals surface area contributed by atoms with Crippen LogP contribution in [0.15, 0.2) is 30.5 Å². The lowest BCUT2D eigenvalue weighted by Crippen LogP contribution is -2.15. The molecule has 1 heterocycles. The summed E-state index contributed by atoms with van der Waals surface area (Å²) in [6, 6.07) is 7.11.